The van der Waals surface area contributed by atoms with Crippen LogP contribution >= 0.6 is 0 Å². The Morgan fingerprint density at radius 2 is 2.08 bits per heavy atom. The van der Waals surface area contributed by atoms with E-state index in [0.717, 1.165) is 43.4 Å². The highest BCUT2D eigenvalue weighted by atomic mass is 16.5. The average Bonchev–Trinajstić information content (AvgIpc) is 2.61. The van der Waals surface area contributed by atoms with Crippen LogP contribution in [-0.4, -0.2) is 48.9 Å². The molecule has 0 radical (unpaired) electrons. The molecule has 1 aliphatic rings. The fourth-order valence-corrected chi connectivity index (χ4v) is 3.40. The van der Waals surface area contributed by atoms with Crippen LogP contribution in [-0.2, 0) is 6.42 Å². The Labute approximate surface area is 145 Å². The zero-order chi connectivity index (χ0) is 17.5. The molecule has 1 aromatic rings. The second-order valence-electron chi connectivity index (χ2n) is 6.87. The van der Waals surface area contributed by atoms with E-state index in [4.69, 9.17) is 4.74 Å². The lowest BCUT2D eigenvalue weighted by atomic mass is 9.86. The number of methoxy groups -OCH3 is 1. The lowest BCUT2D eigenvalue weighted by Gasteiger charge is -2.34. The van der Waals surface area contributed by atoms with Gasteiger partial charge in [0.25, 0.3) is 0 Å². The van der Waals surface area contributed by atoms with Gasteiger partial charge in [0.2, 0.25) is 0 Å². The van der Waals surface area contributed by atoms with Crippen molar-refractivity contribution in [3.8, 4) is 5.75 Å². The molecule has 1 unspecified atom stereocenters. The fourth-order valence-electron chi connectivity index (χ4n) is 3.40. The topological polar surface area (TPSA) is 61.8 Å². The normalized spacial score (nSPS) is 21.8. The molecule has 1 aliphatic carbocycles. The summed E-state index contributed by atoms with van der Waals surface area (Å²) in [5.41, 5.74) is 1.15. The molecule has 0 spiro atoms. The Balaban J connectivity index is 1.82. The van der Waals surface area contributed by atoms with Gasteiger partial charge >= 0.3 is 6.03 Å². The number of nitrogens with zero attached hydrogens (tertiary/aromatic N) is 1. The lowest BCUT2D eigenvalue weighted by Crippen LogP contribution is -2.48. The molecule has 0 saturated heterocycles. The molecule has 2 N–H and O–H groups in total. The van der Waals surface area contributed by atoms with E-state index in [0.29, 0.717) is 5.92 Å². The van der Waals surface area contributed by atoms with E-state index >= 15 is 0 Å². The summed E-state index contributed by atoms with van der Waals surface area (Å²) in [5.74, 6) is 1.24. The summed E-state index contributed by atoms with van der Waals surface area (Å²) in [6.45, 7) is 2.29. The Kier molecular flexibility index (Phi) is 6.91. The van der Waals surface area contributed by atoms with Crippen molar-refractivity contribution in [2.24, 2.45) is 5.92 Å². The molecule has 1 fully saturated rings. The molecule has 2 amide bonds. The van der Waals surface area contributed by atoms with Crippen LogP contribution in [0, 0.1) is 5.92 Å². The highest BCUT2D eigenvalue weighted by molar-refractivity contribution is 5.74. The summed E-state index contributed by atoms with van der Waals surface area (Å²) >= 11 is 0. The van der Waals surface area contributed by atoms with Crippen LogP contribution in [0.3, 0.4) is 0 Å². The predicted octanol–water partition coefficient (Wildman–Crippen LogP) is 2.82. The third-order valence-electron chi connectivity index (χ3n) is 4.99. The molecule has 0 aromatic heterocycles. The van der Waals surface area contributed by atoms with Crippen molar-refractivity contribution in [3.63, 3.8) is 0 Å². The number of hydrogen-bond donors (Lipinski definition) is 2. The van der Waals surface area contributed by atoms with Crippen molar-refractivity contribution < 1.29 is 14.6 Å². The van der Waals surface area contributed by atoms with Crippen LogP contribution in [0.4, 0.5) is 4.79 Å². The SMILES string of the molecule is COc1cccc(CC(C)NC(=O)N(C)C2CCC(CO)CC2)c1. The summed E-state index contributed by atoms with van der Waals surface area (Å²) in [4.78, 5) is 14.3. The van der Waals surface area contributed by atoms with E-state index in [1.54, 1.807) is 7.11 Å². The van der Waals surface area contributed by atoms with Crippen molar-refractivity contribution in [1.82, 2.24) is 10.2 Å². The number of carbonyl (C=O) groups is 1. The predicted molar refractivity (Wildman–Crippen MR) is 95.3 cm³/mol. The molecule has 1 atom stereocenters. The van der Waals surface area contributed by atoms with Crippen LogP contribution in [0.15, 0.2) is 24.3 Å². The zero-order valence-corrected chi connectivity index (χ0v) is 15.0. The first-order chi connectivity index (χ1) is 11.5. The summed E-state index contributed by atoms with van der Waals surface area (Å²) in [7, 11) is 3.53. The first kappa shape index (κ1) is 18.6. The van der Waals surface area contributed by atoms with Gasteiger partial charge in [-0.1, -0.05) is 12.1 Å². The maximum Gasteiger partial charge on any atom is 0.317 e. The molecule has 0 heterocycles. The molecule has 24 heavy (non-hydrogen) atoms. The lowest BCUT2D eigenvalue weighted by molar-refractivity contribution is 0.133. The average molecular weight is 334 g/mol. The summed E-state index contributed by atoms with van der Waals surface area (Å²) in [6.07, 6.45) is 4.71. The van der Waals surface area contributed by atoms with E-state index < -0.39 is 0 Å². The molecule has 5 heteroatoms. The van der Waals surface area contributed by atoms with E-state index in [-0.39, 0.29) is 24.7 Å². The van der Waals surface area contributed by atoms with E-state index in [2.05, 4.69) is 5.32 Å². The standard InChI is InChI=1S/C19H30N2O3/c1-14(11-16-5-4-6-18(12-16)24-3)20-19(23)21(2)17-9-7-15(13-22)8-10-17/h4-6,12,14-15,17,22H,7-11,13H2,1-3H3,(H,20,23). The van der Waals surface area contributed by atoms with Gasteiger partial charge in [-0.3, -0.25) is 0 Å². The van der Waals surface area contributed by atoms with Crippen LogP contribution in [0.1, 0.15) is 38.2 Å². The molecule has 5 nitrogen and oxygen atoms in total. The molecule has 0 bridgehead atoms. The Bertz CT molecular complexity index is 527. The number of aliphatic hydroxyl groups excluding tert-OH is 1. The van der Waals surface area contributed by atoms with Gasteiger partial charge in [0, 0.05) is 25.7 Å². The largest absolute Gasteiger partial charge is 0.497 e. The Morgan fingerprint density at radius 3 is 2.71 bits per heavy atom. The van der Waals surface area contributed by atoms with Gasteiger partial charge in [-0.05, 0) is 62.6 Å². The minimum absolute atomic E-state index is 0.0159. The number of urea groups is 1. The van der Waals surface area contributed by atoms with Crippen LogP contribution in [0.25, 0.3) is 0 Å². The highest BCUT2D eigenvalue weighted by Gasteiger charge is 2.26. The molecular formula is C19H30N2O3. The number of ether oxygens (including phenoxy) is 1. The van der Waals surface area contributed by atoms with Crippen LogP contribution < -0.4 is 10.1 Å². The summed E-state index contributed by atoms with van der Waals surface area (Å²) in [5, 5.41) is 12.3. The molecule has 134 valence electrons. The van der Waals surface area contributed by atoms with Gasteiger partial charge < -0.3 is 20.1 Å². The van der Waals surface area contributed by atoms with E-state index in [1.807, 2.05) is 43.1 Å². The van der Waals surface area contributed by atoms with E-state index in [9.17, 15) is 9.90 Å². The van der Waals surface area contributed by atoms with E-state index in [1.165, 1.54) is 0 Å². The van der Waals surface area contributed by atoms with Crippen molar-refractivity contribution in [1.29, 1.82) is 0 Å². The third-order valence-corrected chi connectivity index (χ3v) is 4.99. The molecule has 2 rings (SSSR count). The minimum Gasteiger partial charge on any atom is -0.497 e. The number of benzene rings is 1. The smallest absolute Gasteiger partial charge is 0.317 e. The maximum absolute atomic E-state index is 12.5. The quantitative estimate of drug-likeness (QED) is 0.841. The number of amides is 2. The van der Waals surface area contributed by atoms with Crippen LogP contribution in [0.2, 0.25) is 0 Å². The molecule has 0 aliphatic heterocycles. The maximum atomic E-state index is 12.5. The number of carbonyl (C=O) groups excluding carboxylic acids is 1. The highest BCUT2D eigenvalue weighted by Crippen LogP contribution is 2.26. The van der Waals surface area contributed by atoms with Gasteiger partial charge in [-0.15, -0.1) is 0 Å². The van der Waals surface area contributed by atoms with Crippen molar-refractivity contribution >= 4 is 6.03 Å². The number of nitrogens with one attached hydrogen (secondary N) is 1. The summed E-state index contributed by atoms with van der Waals surface area (Å²) in [6, 6.07) is 8.25. The number of hydrogen-bond acceptors (Lipinski definition) is 3. The van der Waals surface area contributed by atoms with Gasteiger partial charge in [0.1, 0.15) is 5.75 Å². The van der Waals surface area contributed by atoms with Gasteiger partial charge in [-0.2, -0.15) is 0 Å². The zero-order valence-electron chi connectivity index (χ0n) is 15.0. The first-order valence-electron chi connectivity index (χ1n) is 8.80. The fraction of sp³-hybridized carbons (Fsp3) is 0.632. The molecule has 1 aromatic carbocycles. The Morgan fingerprint density at radius 1 is 1.38 bits per heavy atom. The van der Waals surface area contributed by atoms with Gasteiger partial charge in [0.15, 0.2) is 0 Å². The minimum atomic E-state index is -0.0159. The second kappa shape index (κ2) is 8.92. The summed E-state index contributed by atoms with van der Waals surface area (Å²) < 4.78 is 5.24. The first-order valence-corrected chi connectivity index (χ1v) is 8.80. The second-order valence-corrected chi connectivity index (χ2v) is 6.87. The number of rotatable bonds is 6. The Hall–Kier alpha value is -1.75. The van der Waals surface area contributed by atoms with Gasteiger partial charge in [-0.25, -0.2) is 4.79 Å². The monoisotopic (exact) mass is 334 g/mol. The van der Waals surface area contributed by atoms with Crippen molar-refractivity contribution in [3.05, 3.63) is 29.8 Å². The van der Waals surface area contributed by atoms with Gasteiger partial charge in [0.05, 0.1) is 7.11 Å². The molecule has 1 saturated carbocycles. The van der Waals surface area contributed by atoms with Crippen molar-refractivity contribution in [2.45, 2.75) is 51.1 Å². The number of aliphatic hydroxyl groups is 1. The van der Waals surface area contributed by atoms with Crippen molar-refractivity contribution in [2.75, 3.05) is 20.8 Å². The third kappa shape index (κ3) is 5.13. The van der Waals surface area contributed by atoms with Crippen LogP contribution in [0.5, 0.6) is 5.75 Å². The molecular weight excluding hydrogens is 304 g/mol.